The van der Waals surface area contributed by atoms with E-state index in [9.17, 15) is 4.39 Å². The standard InChI is InChI=1S/C24H24FN5/c1-12(23-27-11-13(2)28-23)5-6-15-9-19-18(10-20(15)25)16-7-17(8-16)22-21(19)29-24(14(3)26)30(22)4/h9-10,12,16-17H,3,7-8,11,26H2,1-2,4H3. The average molecular weight is 401 g/mol. The van der Waals surface area contributed by atoms with Crippen molar-refractivity contribution in [1.29, 1.82) is 0 Å². The highest BCUT2D eigenvalue weighted by Crippen LogP contribution is 2.55. The van der Waals surface area contributed by atoms with Crippen LogP contribution in [0.4, 0.5) is 4.39 Å². The third kappa shape index (κ3) is 2.80. The van der Waals surface area contributed by atoms with Gasteiger partial charge in [0.2, 0.25) is 0 Å². The Bertz CT molecular complexity index is 1210. The Morgan fingerprint density at radius 3 is 2.77 bits per heavy atom. The fourth-order valence-electron chi connectivity index (χ4n) is 4.73. The van der Waals surface area contributed by atoms with E-state index in [0.29, 0.717) is 41.3 Å². The Kier molecular flexibility index (Phi) is 4.18. The first kappa shape index (κ1) is 18.8. The summed E-state index contributed by atoms with van der Waals surface area (Å²) in [5, 5.41) is 0. The number of nitrogens with two attached hydrogens (primary N) is 1. The number of halogens is 1. The molecule has 152 valence electrons. The molecule has 2 bridgehead atoms. The maximum absolute atomic E-state index is 15.0. The summed E-state index contributed by atoms with van der Waals surface area (Å²) in [6, 6.07) is 3.51. The lowest BCUT2D eigenvalue weighted by molar-refractivity contribution is 0.344. The van der Waals surface area contributed by atoms with Crippen LogP contribution >= 0.6 is 0 Å². The zero-order valence-corrected chi connectivity index (χ0v) is 17.5. The number of benzene rings is 1. The van der Waals surface area contributed by atoms with E-state index in [1.165, 1.54) is 0 Å². The fourth-order valence-corrected chi connectivity index (χ4v) is 4.73. The first-order valence-electron chi connectivity index (χ1n) is 10.3. The Labute approximate surface area is 175 Å². The number of aromatic nitrogens is 2. The lowest BCUT2D eigenvalue weighted by Gasteiger charge is -2.34. The summed E-state index contributed by atoms with van der Waals surface area (Å²) < 4.78 is 17.0. The first-order valence-corrected chi connectivity index (χ1v) is 10.3. The summed E-state index contributed by atoms with van der Waals surface area (Å²) in [5.74, 6) is 7.89. The van der Waals surface area contributed by atoms with Crippen LogP contribution in [0.5, 0.6) is 0 Å². The lowest BCUT2D eigenvalue weighted by atomic mass is 9.71. The van der Waals surface area contributed by atoms with Crippen LogP contribution in [0, 0.1) is 23.6 Å². The molecule has 1 aliphatic heterocycles. The number of rotatable bonds is 2. The van der Waals surface area contributed by atoms with Crippen molar-refractivity contribution in [3.63, 3.8) is 0 Å². The molecule has 30 heavy (non-hydrogen) atoms. The van der Waals surface area contributed by atoms with E-state index in [-0.39, 0.29) is 11.7 Å². The van der Waals surface area contributed by atoms with Gasteiger partial charge in [-0.25, -0.2) is 14.4 Å². The van der Waals surface area contributed by atoms with Crippen LogP contribution in [-0.4, -0.2) is 27.6 Å². The van der Waals surface area contributed by atoms with E-state index in [0.717, 1.165) is 41.1 Å². The SMILES string of the molecule is C=C(N)c1nc2c(n1C)C1CC(C1)c1cc(F)c(C#CC(C)C3=NCC(C)=N3)cc1-2. The van der Waals surface area contributed by atoms with Gasteiger partial charge in [-0.3, -0.25) is 4.99 Å². The van der Waals surface area contributed by atoms with Crippen LogP contribution < -0.4 is 5.73 Å². The number of hydrogen-bond donors (Lipinski definition) is 1. The molecule has 4 aliphatic rings. The molecule has 1 saturated carbocycles. The Hall–Kier alpha value is -3.20. The molecule has 0 saturated heterocycles. The Morgan fingerprint density at radius 2 is 2.10 bits per heavy atom. The number of nitrogens with zero attached hydrogens (tertiary/aromatic N) is 4. The predicted molar refractivity (Wildman–Crippen MR) is 118 cm³/mol. The Morgan fingerprint density at radius 1 is 1.33 bits per heavy atom. The van der Waals surface area contributed by atoms with Gasteiger partial charge in [-0.15, -0.1) is 0 Å². The third-order valence-electron chi connectivity index (χ3n) is 6.37. The summed E-state index contributed by atoms with van der Waals surface area (Å²) in [6.07, 6.45) is 2.02. The second kappa shape index (κ2) is 6.66. The van der Waals surface area contributed by atoms with Gasteiger partial charge in [0.15, 0.2) is 5.82 Å². The molecule has 0 spiro atoms. The van der Waals surface area contributed by atoms with E-state index in [1.54, 1.807) is 6.07 Å². The normalized spacial score (nSPS) is 21.9. The van der Waals surface area contributed by atoms with Gasteiger partial charge >= 0.3 is 0 Å². The predicted octanol–water partition coefficient (Wildman–Crippen LogP) is 3.99. The van der Waals surface area contributed by atoms with Gasteiger partial charge in [0.05, 0.1) is 29.4 Å². The topological polar surface area (TPSA) is 68.6 Å². The van der Waals surface area contributed by atoms with Crippen LogP contribution in [0.3, 0.4) is 0 Å². The van der Waals surface area contributed by atoms with E-state index >= 15 is 0 Å². The third-order valence-corrected chi connectivity index (χ3v) is 6.37. The fraction of sp³-hybridized carbons (Fsp3) is 0.375. The highest BCUT2D eigenvalue weighted by molar-refractivity contribution is 6.04. The molecule has 0 amide bonds. The molecule has 5 nitrogen and oxygen atoms in total. The molecule has 2 aromatic rings. The zero-order valence-electron chi connectivity index (χ0n) is 17.5. The zero-order chi connectivity index (χ0) is 21.2. The van der Waals surface area contributed by atoms with Crippen LogP contribution in [0.1, 0.15) is 61.2 Å². The smallest absolute Gasteiger partial charge is 0.155 e. The van der Waals surface area contributed by atoms with Gasteiger partial charge in [-0.2, -0.15) is 0 Å². The maximum Gasteiger partial charge on any atom is 0.155 e. The van der Waals surface area contributed by atoms with Gasteiger partial charge < -0.3 is 10.3 Å². The number of hydrogen-bond acceptors (Lipinski definition) is 4. The van der Waals surface area contributed by atoms with Crippen molar-refractivity contribution in [2.45, 2.75) is 38.5 Å². The lowest BCUT2D eigenvalue weighted by Crippen LogP contribution is -2.21. The molecule has 2 heterocycles. The molecule has 2 N–H and O–H groups in total. The van der Waals surface area contributed by atoms with Crippen molar-refractivity contribution in [3.05, 3.63) is 47.2 Å². The minimum Gasteiger partial charge on any atom is -0.396 e. The number of amidine groups is 1. The molecule has 3 aliphatic carbocycles. The van der Waals surface area contributed by atoms with Crippen molar-refractivity contribution in [2.75, 3.05) is 6.54 Å². The summed E-state index contributed by atoms with van der Waals surface area (Å²) >= 11 is 0. The maximum atomic E-state index is 15.0. The number of imidazole rings is 1. The molecule has 1 fully saturated rings. The summed E-state index contributed by atoms with van der Waals surface area (Å²) in [5.41, 5.74) is 11.8. The largest absolute Gasteiger partial charge is 0.396 e. The van der Waals surface area contributed by atoms with Gasteiger partial charge in [0, 0.05) is 29.9 Å². The van der Waals surface area contributed by atoms with Gasteiger partial charge in [-0.1, -0.05) is 18.4 Å². The van der Waals surface area contributed by atoms with Crippen LogP contribution in [-0.2, 0) is 7.05 Å². The summed E-state index contributed by atoms with van der Waals surface area (Å²) in [4.78, 5) is 13.6. The molecule has 1 atom stereocenters. The molecule has 1 aromatic carbocycles. The highest BCUT2D eigenvalue weighted by Gasteiger charge is 2.41. The van der Waals surface area contributed by atoms with E-state index < -0.39 is 0 Å². The quantitative estimate of drug-likeness (QED) is 0.773. The summed E-state index contributed by atoms with van der Waals surface area (Å²) in [7, 11) is 1.98. The molecule has 1 unspecified atom stereocenters. The van der Waals surface area contributed by atoms with Crippen LogP contribution in [0.25, 0.3) is 17.0 Å². The van der Waals surface area contributed by atoms with Gasteiger partial charge in [0.1, 0.15) is 11.7 Å². The van der Waals surface area contributed by atoms with Crippen LogP contribution in [0.2, 0.25) is 0 Å². The average Bonchev–Trinajstić information content (AvgIpc) is 3.17. The van der Waals surface area contributed by atoms with Crippen molar-refractivity contribution >= 4 is 17.2 Å². The minimum atomic E-state index is -0.284. The van der Waals surface area contributed by atoms with Crippen molar-refractivity contribution < 1.29 is 4.39 Å². The van der Waals surface area contributed by atoms with Gasteiger partial charge in [-0.05, 0) is 50.3 Å². The first-order chi connectivity index (χ1) is 14.3. The van der Waals surface area contributed by atoms with Crippen LogP contribution in [0.15, 0.2) is 28.7 Å². The molecule has 0 radical (unpaired) electrons. The summed E-state index contributed by atoms with van der Waals surface area (Å²) in [6.45, 7) is 8.37. The second-order valence-corrected chi connectivity index (χ2v) is 8.55. The van der Waals surface area contributed by atoms with E-state index in [4.69, 9.17) is 10.7 Å². The van der Waals surface area contributed by atoms with Gasteiger partial charge in [0.25, 0.3) is 0 Å². The molecule has 6 rings (SSSR count). The highest BCUT2D eigenvalue weighted by atomic mass is 19.1. The molecule has 1 aromatic heterocycles. The molecular weight excluding hydrogens is 377 g/mol. The van der Waals surface area contributed by atoms with Crippen molar-refractivity contribution in [1.82, 2.24) is 9.55 Å². The second-order valence-electron chi connectivity index (χ2n) is 8.55. The minimum absolute atomic E-state index is 0.147. The molecule has 6 heteroatoms. The van der Waals surface area contributed by atoms with Crippen molar-refractivity contribution in [3.8, 4) is 23.1 Å². The number of aliphatic imine (C=N–C) groups is 2. The monoisotopic (exact) mass is 401 g/mol. The molecular formula is C24H24FN5. The van der Waals surface area contributed by atoms with E-state index in [2.05, 4.69) is 28.4 Å². The van der Waals surface area contributed by atoms with Crippen molar-refractivity contribution in [2.24, 2.45) is 28.7 Å². The Balaban J connectivity index is 1.60. The van der Waals surface area contributed by atoms with E-state index in [1.807, 2.05) is 31.5 Å².